The van der Waals surface area contributed by atoms with Crippen LogP contribution in [0.25, 0.3) is 0 Å². The van der Waals surface area contributed by atoms with Gasteiger partial charge in [0.15, 0.2) is 0 Å². The van der Waals surface area contributed by atoms with Gasteiger partial charge >= 0.3 is 0 Å². The summed E-state index contributed by atoms with van der Waals surface area (Å²) in [7, 11) is 0. The van der Waals surface area contributed by atoms with Crippen molar-refractivity contribution in [3.8, 4) is 0 Å². The standard InChI is InChI=1S/C10H7ClFNO/c11-8-2-1-7(5-9(8)12)10(3-4-10)13-6-14/h1-2,5H,3-4H2. The Morgan fingerprint density at radius 3 is 2.71 bits per heavy atom. The molecule has 0 aromatic heterocycles. The molecule has 14 heavy (non-hydrogen) atoms. The van der Waals surface area contributed by atoms with Crippen LogP contribution in [-0.2, 0) is 10.3 Å². The van der Waals surface area contributed by atoms with E-state index in [1.807, 2.05) is 0 Å². The van der Waals surface area contributed by atoms with Gasteiger partial charge in [-0.1, -0.05) is 17.7 Å². The first-order valence-electron chi connectivity index (χ1n) is 4.22. The van der Waals surface area contributed by atoms with Crippen molar-refractivity contribution in [3.05, 3.63) is 34.6 Å². The first-order chi connectivity index (χ1) is 6.68. The van der Waals surface area contributed by atoms with Crippen molar-refractivity contribution in [2.24, 2.45) is 4.99 Å². The Kier molecular flexibility index (Phi) is 2.14. The number of hydrogen-bond acceptors (Lipinski definition) is 2. The molecule has 1 aliphatic carbocycles. The van der Waals surface area contributed by atoms with E-state index in [1.54, 1.807) is 6.07 Å². The van der Waals surface area contributed by atoms with Gasteiger partial charge in [-0.15, -0.1) is 0 Å². The minimum atomic E-state index is -0.521. The average Bonchev–Trinajstić information content (AvgIpc) is 2.91. The van der Waals surface area contributed by atoms with Crippen molar-refractivity contribution in [1.82, 2.24) is 0 Å². The summed E-state index contributed by atoms with van der Waals surface area (Å²) >= 11 is 5.55. The lowest BCUT2D eigenvalue weighted by atomic mass is 10.1. The molecule has 0 saturated heterocycles. The molecule has 0 aliphatic heterocycles. The van der Waals surface area contributed by atoms with Gasteiger partial charge in [-0.25, -0.2) is 9.18 Å². The normalized spacial score (nSPS) is 17.3. The van der Waals surface area contributed by atoms with Gasteiger partial charge in [0.1, 0.15) is 5.82 Å². The number of carbonyl (C=O) groups excluding carboxylic acids is 1. The molecule has 1 fully saturated rings. The van der Waals surface area contributed by atoms with Crippen molar-refractivity contribution in [2.75, 3.05) is 0 Å². The second-order valence-corrected chi connectivity index (χ2v) is 3.77. The lowest BCUT2D eigenvalue weighted by Gasteiger charge is -2.07. The van der Waals surface area contributed by atoms with Crippen LogP contribution >= 0.6 is 11.6 Å². The molecular weight excluding hydrogens is 205 g/mol. The molecule has 0 spiro atoms. The summed E-state index contributed by atoms with van der Waals surface area (Å²) in [6.45, 7) is 0. The third kappa shape index (κ3) is 1.45. The van der Waals surface area contributed by atoms with Crippen LogP contribution in [0.3, 0.4) is 0 Å². The molecule has 0 N–H and O–H groups in total. The number of hydrogen-bond donors (Lipinski definition) is 0. The maximum Gasteiger partial charge on any atom is 0.235 e. The molecule has 0 amide bonds. The molecule has 72 valence electrons. The van der Waals surface area contributed by atoms with E-state index in [1.165, 1.54) is 18.2 Å². The fourth-order valence-corrected chi connectivity index (χ4v) is 1.57. The molecular formula is C10H7ClFNO. The van der Waals surface area contributed by atoms with E-state index in [-0.39, 0.29) is 5.02 Å². The summed E-state index contributed by atoms with van der Waals surface area (Å²) in [4.78, 5) is 13.9. The minimum absolute atomic E-state index is 0.0830. The zero-order chi connectivity index (χ0) is 10.2. The van der Waals surface area contributed by atoms with Crippen LogP contribution in [0.15, 0.2) is 23.2 Å². The number of rotatable bonds is 2. The molecule has 0 radical (unpaired) electrons. The number of nitrogens with zero attached hydrogens (tertiary/aromatic N) is 1. The van der Waals surface area contributed by atoms with Gasteiger partial charge in [0.2, 0.25) is 6.08 Å². The smallest absolute Gasteiger partial charge is 0.211 e. The van der Waals surface area contributed by atoms with E-state index in [9.17, 15) is 9.18 Å². The molecule has 1 aliphatic rings. The third-order valence-corrected chi connectivity index (χ3v) is 2.75. The van der Waals surface area contributed by atoms with Crippen LogP contribution < -0.4 is 0 Å². The van der Waals surface area contributed by atoms with Crippen LogP contribution in [0.4, 0.5) is 4.39 Å². The SMILES string of the molecule is O=C=NC1(c2ccc(Cl)c(F)c2)CC1. The molecule has 1 aromatic rings. The Labute approximate surface area is 85.4 Å². The topological polar surface area (TPSA) is 29.4 Å². The zero-order valence-corrected chi connectivity index (χ0v) is 8.01. The highest BCUT2D eigenvalue weighted by atomic mass is 35.5. The Hall–Kier alpha value is -1.18. The highest BCUT2D eigenvalue weighted by Crippen LogP contribution is 2.49. The molecule has 0 atom stereocenters. The second-order valence-electron chi connectivity index (χ2n) is 3.36. The number of benzene rings is 1. The first kappa shape index (κ1) is 9.38. The number of halogens is 2. The molecule has 0 heterocycles. The van der Waals surface area contributed by atoms with Crippen molar-refractivity contribution in [2.45, 2.75) is 18.4 Å². The lowest BCUT2D eigenvalue weighted by Crippen LogP contribution is -2.02. The Morgan fingerprint density at radius 1 is 1.50 bits per heavy atom. The van der Waals surface area contributed by atoms with Crippen LogP contribution in [-0.4, -0.2) is 6.08 Å². The Bertz CT molecular complexity index is 422. The summed E-state index contributed by atoms with van der Waals surface area (Å²) in [6.07, 6.45) is 3.06. The zero-order valence-electron chi connectivity index (χ0n) is 7.26. The first-order valence-corrected chi connectivity index (χ1v) is 4.60. The van der Waals surface area contributed by atoms with Gasteiger partial charge in [0, 0.05) is 0 Å². The molecule has 1 aromatic carbocycles. The second kappa shape index (κ2) is 3.19. The van der Waals surface area contributed by atoms with E-state index in [4.69, 9.17) is 11.6 Å². The van der Waals surface area contributed by atoms with Crippen LogP contribution in [0.1, 0.15) is 18.4 Å². The largest absolute Gasteiger partial charge is 0.235 e. The molecule has 1 saturated carbocycles. The number of aliphatic imine (C=N–C) groups is 1. The fraction of sp³-hybridized carbons (Fsp3) is 0.300. The maximum atomic E-state index is 13.1. The van der Waals surface area contributed by atoms with E-state index in [2.05, 4.69) is 4.99 Å². The van der Waals surface area contributed by atoms with Crippen LogP contribution in [0, 0.1) is 5.82 Å². The summed E-state index contributed by atoms with van der Waals surface area (Å²) < 4.78 is 13.1. The van der Waals surface area contributed by atoms with E-state index >= 15 is 0 Å². The lowest BCUT2D eigenvalue weighted by molar-refractivity contribution is 0.555. The molecule has 2 rings (SSSR count). The predicted octanol–water partition coefficient (Wildman–Crippen LogP) is 2.80. The van der Waals surface area contributed by atoms with Crippen molar-refractivity contribution >= 4 is 17.7 Å². The van der Waals surface area contributed by atoms with Gasteiger partial charge < -0.3 is 0 Å². The average molecular weight is 212 g/mol. The Morgan fingerprint density at radius 2 is 2.21 bits per heavy atom. The molecule has 0 unspecified atom stereocenters. The molecule has 0 bridgehead atoms. The highest BCUT2D eigenvalue weighted by molar-refractivity contribution is 6.30. The van der Waals surface area contributed by atoms with Crippen LogP contribution in [0.2, 0.25) is 5.02 Å². The third-order valence-electron chi connectivity index (χ3n) is 2.44. The van der Waals surface area contributed by atoms with Gasteiger partial charge in [-0.2, -0.15) is 4.99 Å². The molecule has 2 nitrogen and oxygen atoms in total. The highest BCUT2D eigenvalue weighted by Gasteiger charge is 2.45. The summed E-state index contributed by atoms with van der Waals surface area (Å²) in [6, 6.07) is 4.50. The summed E-state index contributed by atoms with van der Waals surface area (Å²) in [5.41, 5.74) is 0.176. The van der Waals surface area contributed by atoms with Crippen LogP contribution in [0.5, 0.6) is 0 Å². The monoisotopic (exact) mass is 211 g/mol. The quantitative estimate of drug-likeness (QED) is 0.546. The summed E-state index contributed by atoms with van der Waals surface area (Å²) in [5, 5.41) is 0.0830. The summed E-state index contributed by atoms with van der Waals surface area (Å²) in [5.74, 6) is -0.475. The Balaban J connectivity index is 2.42. The fourth-order valence-electron chi connectivity index (χ4n) is 1.46. The van der Waals surface area contributed by atoms with E-state index in [0.717, 1.165) is 12.8 Å². The van der Waals surface area contributed by atoms with Crippen molar-refractivity contribution in [3.63, 3.8) is 0 Å². The minimum Gasteiger partial charge on any atom is -0.211 e. The van der Waals surface area contributed by atoms with E-state index < -0.39 is 11.4 Å². The van der Waals surface area contributed by atoms with E-state index in [0.29, 0.717) is 5.56 Å². The predicted molar refractivity (Wildman–Crippen MR) is 50.4 cm³/mol. The number of isocyanates is 1. The van der Waals surface area contributed by atoms with Crippen molar-refractivity contribution < 1.29 is 9.18 Å². The molecule has 4 heteroatoms. The van der Waals surface area contributed by atoms with Crippen molar-refractivity contribution in [1.29, 1.82) is 0 Å². The van der Waals surface area contributed by atoms with Gasteiger partial charge in [-0.3, -0.25) is 0 Å². The maximum absolute atomic E-state index is 13.1. The van der Waals surface area contributed by atoms with Gasteiger partial charge in [0.25, 0.3) is 0 Å². The van der Waals surface area contributed by atoms with Gasteiger partial charge in [0.05, 0.1) is 10.6 Å². The van der Waals surface area contributed by atoms with Gasteiger partial charge in [-0.05, 0) is 30.5 Å².